The molecule has 2 atom stereocenters. The van der Waals surface area contributed by atoms with Crippen LogP contribution in [0.25, 0.3) is 11.0 Å². The van der Waals surface area contributed by atoms with Crippen LogP contribution < -0.4 is 11.1 Å². The van der Waals surface area contributed by atoms with Gasteiger partial charge in [0.25, 0.3) is 0 Å². The highest BCUT2D eigenvalue weighted by molar-refractivity contribution is 5.94. The number of hydrogen-bond acceptors (Lipinski definition) is 5. The molecule has 1 aliphatic carbocycles. The molecule has 0 spiro atoms. The molecule has 1 heterocycles. The zero-order valence-electron chi connectivity index (χ0n) is 10.5. The summed E-state index contributed by atoms with van der Waals surface area (Å²) in [4.78, 5) is 0. The van der Waals surface area contributed by atoms with E-state index in [2.05, 4.69) is 22.6 Å². The fourth-order valence-electron chi connectivity index (χ4n) is 2.79. The molecule has 0 amide bonds. The van der Waals surface area contributed by atoms with Gasteiger partial charge in [0.1, 0.15) is 0 Å². The Morgan fingerprint density at radius 3 is 2.94 bits per heavy atom. The molecule has 2 aromatic rings. The van der Waals surface area contributed by atoms with Gasteiger partial charge in [0.2, 0.25) is 0 Å². The Balaban J connectivity index is 1.75. The van der Waals surface area contributed by atoms with Gasteiger partial charge in [0.15, 0.2) is 11.0 Å². The molecule has 0 aliphatic heterocycles. The van der Waals surface area contributed by atoms with Crippen LogP contribution in [0.3, 0.4) is 0 Å². The first-order chi connectivity index (χ1) is 8.74. The summed E-state index contributed by atoms with van der Waals surface area (Å²) in [6, 6.07) is 3.78. The maximum absolute atomic E-state index is 5.82. The first-order valence-corrected chi connectivity index (χ1v) is 6.48. The zero-order chi connectivity index (χ0) is 12.5. The lowest BCUT2D eigenvalue weighted by Crippen LogP contribution is -2.11. The van der Waals surface area contributed by atoms with Crippen molar-refractivity contribution < 1.29 is 4.63 Å². The highest BCUT2D eigenvalue weighted by Gasteiger charge is 2.21. The largest absolute Gasteiger partial charge is 0.397 e. The second-order valence-corrected chi connectivity index (χ2v) is 5.33. The van der Waals surface area contributed by atoms with Gasteiger partial charge < -0.3 is 11.1 Å². The number of benzene rings is 1. The molecule has 0 radical (unpaired) electrons. The molecule has 3 rings (SSSR count). The van der Waals surface area contributed by atoms with Gasteiger partial charge in [0.05, 0.1) is 11.4 Å². The predicted octanol–water partition coefficient (Wildman–Crippen LogP) is 2.65. The van der Waals surface area contributed by atoms with Crippen molar-refractivity contribution in [3.63, 3.8) is 0 Å². The third kappa shape index (κ3) is 2.00. The van der Waals surface area contributed by atoms with E-state index in [1.54, 1.807) is 0 Å². The van der Waals surface area contributed by atoms with E-state index in [9.17, 15) is 0 Å². The lowest BCUT2D eigenvalue weighted by atomic mass is 10.1. The second kappa shape index (κ2) is 4.48. The Labute approximate surface area is 106 Å². The summed E-state index contributed by atoms with van der Waals surface area (Å²) < 4.78 is 4.76. The van der Waals surface area contributed by atoms with Crippen LogP contribution in [0.4, 0.5) is 11.4 Å². The van der Waals surface area contributed by atoms with Gasteiger partial charge in [-0.1, -0.05) is 13.3 Å². The van der Waals surface area contributed by atoms with Crippen molar-refractivity contribution >= 4 is 22.4 Å². The van der Waals surface area contributed by atoms with Gasteiger partial charge in [-0.15, -0.1) is 0 Å². The van der Waals surface area contributed by atoms with Crippen LogP contribution in [-0.4, -0.2) is 16.9 Å². The smallest absolute Gasteiger partial charge is 0.160 e. The van der Waals surface area contributed by atoms with Crippen LogP contribution in [0.15, 0.2) is 16.8 Å². The minimum Gasteiger partial charge on any atom is -0.397 e. The predicted molar refractivity (Wildman–Crippen MR) is 71.2 cm³/mol. The van der Waals surface area contributed by atoms with Crippen LogP contribution in [0.1, 0.15) is 26.2 Å². The van der Waals surface area contributed by atoms with Crippen molar-refractivity contribution in [1.82, 2.24) is 10.3 Å². The van der Waals surface area contributed by atoms with E-state index >= 15 is 0 Å². The summed E-state index contributed by atoms with van der Waals surface area (Å²) in [5, 5.41) is 11.2. The second-order valence-electron chi connectivity index (χ2n) is 5.33. The lowest BCUT2D eigenvalue weighted by molar-refractivity contribution is 0.315. The van der Waals surface area contributed by atoms with E-state index < -0.39 is 0 Å². The lowest BCUT2D eigenvalue weighted by Gasteiger charge is -2.12. The van der Waals surface area contributed by atoms with E-state index in [1.807, 2.05) is 12.1 Å². The number of anilines is 2. The molecule has 1 saturated carbocycles. The maximum atomic E-state index is 5.82. The first kappa shape index (κ1) is 11.3. The summed E-state index contributed by atoms with van der Waals surface area (Å²) in [5.41, 5.74) is 8.74. The summed E-state index contributed by atoms with van der Waals surface area (Å²) in [6.07, 6.45) is 3.96. The van der Waals surface area contributed by atoms with E-state index in [0.29, 0.717) is 11.2 Å². The average molecular weight is 246 g/mol. The summed E-state index contributed by atoms with van der Waals surface area (Å²) in [7, 11) is 0. The van der Waals surface area contributed by atoms with Crippen molar-refractivity contribution in [3.8, 4) is 0 Å². The summed E-state index contributed by atoms with van der Waals surface area (Å²) in [6.45, 7) is 3.30. The van der Waals surface area contributed by atoms with E-state index in [0.717, 1.165) is 29.6 Å². The maximum Gasteiger partial charge on any atom is 0.160 e. The molecule has 2 unspecified atom stereocenters. The first-order valence-electron chi connectivity index (χ1n) is 6.48. The van der Waals surface area contributed by atoms with E-state index in [-0.39, 0.29) is 0 Å². The van der Waals surface area contributed by atoms with Gasteiger partial charge in [-0.3, -0.25) is 0 Å². The van der Waals surface area contributed by atoms with Crippen LogP contribution >= 0.6 is 0 Å². The van der Waals surface area contributed by atoms with Gasteiger partial charge in [-0.2, -0.15) is 0 Å². The Hall–Kier alpha value is -1.78. The highest BCUT2D eigenvalue weighted by atomic mass is 16.6. The molecule has 3 N–H and O–H groups in total. The fourth-order valence-corrected chi connectivity index (χ4v) is 2.79. The van der Waals surface area contributed by atoms with Gasteiger partial charge in [-0.05, 0) is 47.1 Å². The van der Waals surface area contributed by atoms with Crippen LogP contribution in [0.5, 0.6) is 0 Å². The van der Waals surface area contributed by atoms with Gasteiger partial charge in [0, 0.05) is 6.54 Å². The van der Waals surface area contributed by atoms with Crippen molar-refractivity contribution in [3.05, 3.63) is 12.1 Å². The quantitative estimate of drug-likeness (QED) is 0.814. The average Bonchev–Trinajstić information content (AvgIpc) is 2.98. The number of nitrogen functional groups attached to an aromatic ring is 1. The molecular formula is C13H18N4O. The molecule has 1 aromatic heterocycles. The fraction of sp³-hybridized carbons (Fsp3) is 0.538. The zero-order valence-corrected chi connectivity index (χ0v) is 10.5. The number of hydrogen-bond donors (Lipinski definition) is 2. The van der Waals surface area contributed by atoms with Crippen LogP contribution in [0, 0.1) is 11.8 Å². The molecule has 1 aliphatic rings. The third-order valence-corrected chi connectivity index (χ3v) is 3.83. The Bertz CT molecular complexity index is 551. The molecule has 5 nitrogen and oxygen atoms in total. The van der Waals surface area contributed by atoms with Crippen LogP contribution in [0.2, 0.25) is 0 Å². The topological polar surface area (TPSA) is 77.0 Å². The monoisotopic (exact) mass is 246 g/mol. The molecular weight excluding hydrogens is 228 g/mol. The van der Waals surface area contributed by atoms with Crippen molar-refractivity contribution in [2.45, 2.75) is 26.2 Å². The number of rotatable bonds is 3. The Morgan fingerprint density at radius 2 is 2.17 bits per heavy atom. The third-order valence-electron chi connectivity index (χ3n) is 3.83. The SMILES string of the molecule is CC1CCC(CNc2ccc(N)c3nonc23)C1. The highest BCUT2D eigenvalue weighted by Crippen LogP contribution is 2.31. The number of fused-ring (bicyclic) bond motifs is 1. The van der Waals surface area contributed by atoms with E-state index in [4.69, 9.17) is 10.4 Å². The molecule has 0 bridgehead atoms. The molecule has 18 heavy (non-hydrogen) atoms. The van der Waals surface area contributed by atoms with Crippen molar-refractivity contribution in [2.75, 3.05) is 17.6 Å². The molecule has 5 heteroatoms. The minimum atomic E-state index is 0.603. The number of aromatic nitrogens is 2. The van der Waals surface area contributed by atoms with E-state index in [1.165, 1.54) is 19.3 Å². The number of nitrogens with one attached hydrogen (secondary N) is 1. The minimum absolute atomic E-state index is 0.603. The normalized spacial score (nSPS) is 23.6. The molecule has 1 fully saturated rings. The van der Waals surface area contributed by atoms with Crippen LogP contribution in [-0.2, 0) is 0 Å². The molecule has 0 saturated heterocycles. The van der Waals surface area contributed by atoms with Gasteiger partial charge in [-0.25, -0.2) is 4.63 Å². The summed E-state index contributed by atoms with van der Waals surface area (Å²) >= 11 is 0. The Morgan fingerprint density at radius 1 is 1.33 bits per heavy atom. The number of nitrogens with zero attached hydrogens (tertiary/aromatic N) is 2. The van der Waals surface area contributed by atoms with Crippen molar-refractivity contribution in [1.29, 1.82) is 0 Å². The summed E-state index contributed by atoms with van der Waals surface area (Å²) in [5.74, 6) is 1.62. The van der Waals surface area contributed by atoms with Crippen molar-refractivity contribution in [2.24, 2.45) is 11.8 Å². The molecule has 96 valence electrons. The standard InChI is InChI=1S/C13H18N4O/c1-8-2-3-9(6-8)7-15-11-5-4-10(14)12-13(11)17-18-16-12/h4-5,8-9,15H,2-3,6-7,14H2,1H3. The number of nitrogens with two attached hydrogens (primary N) is 1. The Kier molecular flexibility index (Phi) is 2.81. The molecule has 1 aromatic carbocycles. The van der Waals surface area contributed by atoms with Gasteiger partial charge >= 0.3 is 0 Å².